The molecule has 18 heteroatoms. The molecule has 0 aliphatic rings. The van der Waals surface area contributed by atoms with E-state index in [9.17, 15) is 70.7 Å². The van der Waals surface area contributed by atoms with Crippen LogP contribution >= 0.6 is 0 Å². The van der Waals surface area contributed by atoms with Crippen LogP contribution in [0.25, 0.3) is 0 Å². The number of aliphatic carboxylic acids is 1. The number of hydrogen-bond donors (Lipinski definition) is 1. The van der Waals surface area contributed by atoms with Crippen LogP contribution in [-0.2, 0) is 4.79 Å². The van der Waals surface area contributed by atoms with Crippen molar-refractivity contribution >= 4 is 23.3 Å². The molecule has 0 saturated carbocycles. The summed E-state index contributed by atoms with van der Waals surface area (Å²) in [7, 11) is 0. The Morgan fingerprint density at radius 2 is 0.731 bits per heavy atom. The van der Waals surface area contributed by atoms with Gasteiger partial charge in [0, 0.05) is 17.4 Å². The van der Waals surface area contributed by atoms with Gasteiger partial charge in [0.2, 0.25) is 0 Å². The highest BCUT2D eigenvalue weighted by Crippen LogP contribution is 2.62. The number of alkyl halides is 15. The van der Waals surface area contributed by atoms with Crippen molar-refractivity contribution in [1.29, 1.82) is 0 Å². The van der Waals surface area contributed by atoms with Crippen LogP contribution in [-0.4, -0.2) is 70.1 Å². The molecule has 1 N–H and O–H groups in total. The SMILES string of the molecule is O=C(O)C(F)(F)C(F)(F)C(F)(F)C(F)(F)C(F)(F)C(F)(F)C(F)(F)F.[Al]. The van der Waals surface area contributed by atoms with Crippen LogP contribution in [0.2, 0.25) is 0 Å². The van der Waals surface area contributed by atoms with Gasteiger partial charge in [0.1, 0.15) is 0 Å². The van der Waals surface area contributed by atoms with Crippen LogP contribution < -0.4 is 0 Å². The van der Waals surface area contributed by atoms with Gasteiger partial charge < -0.3 is 5.11 Å². The minimum absolute atomic E-state index is 0. The van der Waals surface area contributed by atoms with Crippen LogP contribution in [0.15, 0.2) is 0 Å². The lowest BCUT2D eigenvalue weighted by Crippen LogP contribution is -2.73. The highest BCUT2D eigenvalue weighted by Gasteiger charge is 2.94. The average molecular weight is 441 g/mol. The van der Waals surface area contributed by atoms with E-state index < -0.39 is 47.7 Å². The highest BCUT2D eigenvalue weighted by atomic mass is 27.0. The highest BCUT2D eigenvalue weighted by molar-refractivity contribution is 5.77. The first kappa shape index (κ1) is 27.2. The summed E-state index contributed by atoms with van der Waals surface area (Å²) in [6, 6.07) is 0. The van der Waals surface area contributed by atoms with E-state index in [1.54, 1.807) is 0 Å². The number of hydrogen-bond acceptors (Lipinski definition) is 1. The fourth-order valence-electron chi connectivity index (χ4n) is 1.10. The molecule has 0 saturated heterocycles. The predicted octanol–water partition coefficient (Wildman–Crippen LogP) is 4.06. The van der Waals surface area contributed by atoms with Gasteiger partial charge in [-0.3, -0.25) is 0 Å². The Balaban J connectivity index is 0. The minimum atomic E-state index is -8.47. The lowest BCUT2D eigenvalue weighted by Gasteiger charge is -2.40. The molecular weight excluding hydrogens is 440 g/mol. The summed E-state index contributed by atoms with van der Waals surface area (Å²) in [6.45, 7) is 0. The maximum atomic E-state index is 12.8. The normalized spacial score (nSPS) is 15.5. The molecule has 0 fully saturated rings. The summed E-state index contributed by atoms with van der Waals surface area (Å²) in [4.78, 5) is 9.72. The Morgan fingerprint density at radius 1 is 0.500 bits per heavy atom. The third-order valence-corrected chi connectivity index (χ3v) is 2.60. The van der Waals surface area contributed by atoms with Crippen molar-refractivity contribution in [2.45, 2.75) is 41.7 Å². The molecule has 2 nitrogen and oxygen atoms in total. The largest absolute Gasteiger partial charge is 0.477 e. The van der Waals surface area contributed by atoms with Gasteiger partial charge in [-0.25, -0.2) is 4.79 Å². The standard InChI is InChI=1S/C8HF15O2.Al/c9-2(10,1(24)25)3(11,12)4(13,14)5(15,16)6(17,18)7(19,20)8(21,22)23;/h(H,24,25);. The Hall–Kier alpha value is -1.05. The lowest BCUT2D eigenvalue weighted by molar-refractivity contribution is -0.450. The zero-order valence-electron chi connectivity index (χ0n) is 11.1. The molecule has 0 amide bonds. The van der Waals surface area contributed by atoms with Gasteiger partial charge in [0.25, 0.3) is 0 Å². The van der Waals surface area contributed by atoms with Crippen molar-refractivity contribution in [1.82, 2.24) is 0 Å². The molecule has 0 aliphatic heterocycles. The fraction of sp³-hybridized carbons (Fsp3) is 0.875. The second-order valence-electron chi connectivity index (χ2n) is 4.25. The lowest BCUT2D eigenvalue weighted by atomic mass is 9.91. The summed E-state index contributed by atoms with van der Waals surface area (Å²) < 4.78 is 187. The first-order valence-electron chi connectivity index (χ1n) is 5.01. The molecule has 0 unspecified atom stereocenters. The van der Waals surface area contributed by atoms with Crippen LogP contribution in [0.1, 0.15) is 0 Å². The first-order chi connectivity index (χ1) is 10.4. The molecule has 0 atom stereocenters. The third-order valence-electron chi connectivity index (χ3n) is 2.60. The topological polar surface area (TPSA) is 37.3 Å². The molecule has 153 valence electrons. The van der Waals surface area contributed by atoms with Crippen molar-refractivity contribution in [2.75, 3.05) is 0 Å². The molecule has 3 radical (unpaired) electrons. The summed E-state index contributed by atoms with van der Waals surface area (Å²) in [5.41, 5.74) is 0. The Kier molecular flexibility index (Phi) is 6.83. The van der Waals surface area contributed by atoms with Crippen LogP contribution in [0, 0.1) is 0 Å². The van der Waals surface area contributed by atoms with Gasteiger partial charge in [0.15, 0.2) is 0 Å². The smallest absolute Gasteiger partial charge is 0.460 e. The molecule has 0 aliphatic carbocycles. The molecule has 0 bridgehead atoms. The Morgan fingerprint density at radius 3 is 0.962 bits per heavy atom. The van der Waals surface area contributed by atoms with E-state index in [0.29, 0.717) is 0 Å². The van der Waals surface area contributed by atoms with Gasteiger partial charge in [-0.15, -0.1) is 0 Å². The zero-order chi connectivity index (χ0) is 21.1. The van der Waals surface area contributed by atoms with E-state index in [4.69, 9.17) is 5.11 Å². The maximum absolute atomic E-state index is 12.8. The number of rotatable bonds is 6. The van der Waals surface area contributed by atoms with E-state index in [-0.39, 0.29) is 17.4 Å². The molecule has 26 heavy (non-hydrogen) atoms. The van der Waals surface area contributed by atoms with Gasteiger partial charge >= 0.3 is 47.7 Å². The fourth-order valence-corrected chi connectivity index (χ4v) is 1.10. The number of carboxylic acid groups (broad SMARTS) is 1. The molecule has 0 rings (SSSR count). The zero-order valence-corrected chi connectivity index (χ0v) is 12.3. The second kappa shape index (κ2) is 6.53. The van der Waals surface area contributed by atoms with E-state index >= 15 is 0 Å². The van der Waals surface area contributed by atoms with Gasteiger partial charge in [-0.1, -0.05) is 0 Å². The molecule has 0 heterocycles. The maximum Gasteiger partial charge on any atom is 0.460 e. The third kappa shape index (κ3) is 3.18. The van der Waals surface area contributed by atoms with E-state index in [0.717, 1.165) is 0 Å². The van der Waals surface area contributed by atoms with Crippen molar-refractivity contribution in [3.63, 3.8) is 0 Å². The second-order valence-corrected chi connectivity index (χ2v) is 4.25. The molecular formula is C8HAlF15O2. The number of halogens is 15. The molecule has 0 spiro atoms. The molecule has 0 aromatic heterocycles. The van der Waals surface area contributed by atoms with Crippen LogP contribution in [0.3, 0.4) is 0 Å². The minimum Gasteiger partial charge on any atom is -0.477 e. The average Bonchev–Trinajstić information content (AvgIpc) is 2.35. The monoisotopic (exact) mass is 441 g/mol. The summed E-state index contributed by atoms with van der Waals surface area (Å²) in [6.07, 6.45) is -7.69. The quantitative estimate of drug-likeness (QED) is 0.499. The van der Waals surface area contributed by atoms with E-state index in [1.807, 2.05) is 0 Å². The van der Waals surface area contributed by atoms with Crippen molar-refractivity contribution < 1.29 is 75.8 Å². The van der Waals surface area contributed by atoms with Gasteiger partial charge in [-0.05, 0) is 0 Å². The van der Waals surface area contributed by atoms with E-state index in [1.165, 1.54) is 0 Å². The predicted molar refractivity (Wildman–Crippen MR) is 49.1 cm³/mol. The van der Waals surface area contributed by atoms with E-state index in [2.05, 4.69) is 0 Å². The number of carbonyl (C=O) groups is 1. The van der Waals surface area contributed by atoms with Gasteiger partial charge in [0.05, 0.1) is 0 Å². The summed E-state index contributed by atoms with van der Waals surface area (Å²) >= 11 is 0. The Labute approximate surface area is 142 Å². The summed E-state index contributed by atoms with van der Waals surface area (Å²) in [5.74, 6) is -52.8. The molecule has 0 aromatic rings. The van der Waals surface area contributed by atoms with Crippen molar-refractivity contribution in [3.8, 4) is 0 Å². The summed E-state index contributed by atoms with van der Waals surface area (Å²) in [5, 5.41) is 7.57. The van der Waals surface area contributed by atoms with Gasteiger partial charge in [-0.2, -0.15) is 65.9 Å². The molecule has 0 aromatic carbocycles. The first-order valence-corrected chi connectivity index (χ1v) is 5.01. The Bertz CT molecular complexity index is 536. The van der Waals surface area contributed by atoms with Crippen LogP contribution in [0.5, 0.6) is 0 Å². The van der Waals surface area contributed by atoms with Crippen molar-refractivity contribution in [2.24, 2.45) is 0 Å². The van der Waals surface area contributed by atoms with Crippen LogP contribution in [0.4, 0.5) is 65.9 Å². The van der Waals surface area contributed by atoms with Crippen molar-refractivity contribution in [3.05, 3.63) is 0 Å². The number of carboxylic acids is 1.